The lowest BCUT2D eigenvalue weighted by Gasteiger charge is -2.33. The van der Waals surface area contributed by atoms with Gasteiger partial charge in [-0.05, 0) is 31.2 Å². The standard InChI is InChI=1S/C19H18N4O3/c1-19(18(25)22-14-7-3-5-9-16(14)26-19)17(24)20-10-11-23-12-21-13-6-2-4-8-15(13)23/h2-9,12H,10-11H2,1H3,(H,20,24)(H,22,25). The normalized spacial score (nSPS) is 18.7. The Hall–Kier alpha value is -3.35. The molecule has 1 atom stereocenters. The number of ether oxygens (including phenoxy) is 1. The second-order valence-corrected chi connectivity index (χ2v) is 6.27. The first-order valence-corrected chi connectivity index (χ1v) is 8.35. The van der Waals surface area contributed by atoms with Gasteiger partial charge in [0.05, 0.1) is 23.0 Å². The third-order valence-corrected chi connectivity index (χ3v) is 4.48. The Morgan fingerprint density at radius 2 is 2.00 bits per heavy atom. The summed E-state index contributed by atoms with van der Waals surface area (Å²) in [6.45, 7) is 2.37. The summed E-state index contributed by atoms with van der Waals surface area (Å²) >= 11 is 0. The smallest absolute Gasteiger partial charge is 0.278 e. The number of nitrogens with zero attached hydrogens (tertiary/aromatic N) is 2. The van der Waals surface area contributed by atoms with Gasteiger partial charge >= 0.3 is 0 Å². The third-order valence-electron chi connectivity index (χ3n) is 4.48. The number of rotatable bonds is 4. The van der Waals surface area contributed by atoms with Crippen molar-refractivity contribution in [3.8, 4) is 5.75 Å². The number of fused-ring (bicyclic) bond motifs is 2. The predicted octanol–water partition coefficient (Wildman–Crippen LogP) is 1.94. The average Bonchev–Trinajstić information content (AvgIpc) is 3.06. The SMILES string of the molecule is CC1(C(=O)NCCn2cnc3ccccc32)Oc2ccccc2NC1=O. The van der Waals surface area contributed by atoms with Gasteiger partial charge in [-0.15, -0.1) is 0 Å². The number of nitrogens with one attached hydrogen (secondary N) is 2. The number of carbonyl (C=O) groups is 2. The lowest BCUT2D eigenvalue weighted by molar-refractivity contribution is -0.146. The molecule has 26 heavy (non-hydrogen) atoms. The lowest BCUT2D eigenvalue weighted by Crippen LogP contribution is -2.59. The van der Waals surface area contributed by atoms with Crippen LogP contribution in [0.4, 0.5) is 5.69 Å². The second kappa shape index (κ2) is 6.18. The zero-order chi connectivity index (χ0) is 18.1. The van der Waals surface area contributed by atoms with Crippen LogP contribution in [0.2, 0.25) is 0 Å². The van der Waals surface area contributed by atoms with Crippen LogP contribution in [0.25, 0.3) is 11.0 Å². The van der Waals surface area contributed by atoms with Crippen LogP contribution in [0.3, 0.4) is 0 Å². The molecule has 0 aliphatic carbocycles. The number of para-hydroxylation sites is 4. The first-order chi connectivity index (χ1) is 12.6. The molecule has 0 radical (unpaired) electrons. The monoisotopic (exact) mass is 350 g/mol. The number of aromatic nitrogens is 2. The Kier molecular flexibility index (Phi) is 3.84. The largest absolute Gasteiger partial charge is 0.466 e. The van der Waals surface area contributed by atoms with Crippen molar-refractivity contribution in [1.29, 1.82) is 0 Å². The Morgan fingerprint density at radius 1 is 1.23 bits per heavy atom. The number of benzene rings is 2. The average molecular weight is 350 g/mol. The maximum Gasteiger partial charge on any atom is 0.278 e. The van der Waals surface area contributed by atoms with Gasteiger partial charge < -0.3 is 19.9 Å². The fraction of sp³-hybridized carbons (Fsp3) is 0.211. The maximum absolute atomic E-state index is 12.6. The molecule has 0 spiro atoms. The maximum atomic E-state index is 12.6. The molecule has 2 aromatic carbocycles. The molecule has 1 aliphatic rings. The van der Waals surface area contributed by atoms with E-state index in [2.05, 4.69) is 15.6 Å². The Balaban J connectivity index is 1.44. The van der Waals surface area contributed by atoms with Crippen LogP contribution >= 0.6 is 0 Å². The molecule has 0 fully saturated rings. The molecule has 7 nitrogen and oxygen atoms in total. The topological polar surface area (TPSA) is 85.2 Å². The van der Waals surface area contributed by atoms with Crippen LogP contribution in [0, 0.1) is 0 Å². The Labute approximate surface area is 150 Å². The minimum atomic E-state index is -1.61. The highest BCUT2D eigenvalue weighted by atomic mass is 16.5. The van der Waals surface area contributed by atoms with Gasteiger partial charge in [0.15, 0.2) is 0 Å². The summed E-state index contributed by atoms with van der Waals surface area (Å²) in [7, 11) is 0. The van der Waals surface area contributed by atoms with Crippen LogP contribution < -0.4 is 15.4 Å². The molecule has 1 aliphatic heterocycles. The molecule has 3 aromatic rings. The second-order valence-electron chi connectivity index (χ2n) is 6.27. The molecular formula is C19H18N4O3. The number of amides is 2. The zero-order valence-corrected chi connectivity index (χ0v) is 14.2. The van der Waals surface area contributed by atoms with Gasteiger partial charge in [-0.3, -0.25) is 9.59 Å². The van der Waals surface area contributed by atoms with E-state index in [-0.39, 0.29) is 0 Å². The van der Waals surface area contributed by atoms with E-state index in [0.29, 0.717) is 24.5 Å². The van der Waals surface area contributed by atoms with E-state index >= 15 is 0 Å². The number of hydrogen-bond donors (Lipinski definition) is 2. The summed E-state index contributed by atoms with van der Waals surface area (Å²) in [5.41, 5.74) is 0.851. The first kappa shape index (κ1) is 16.1. The molecule has 132 valence electrons. The quantitative estimate of drug-likeness (QED) is 0.704. The van der Waals surface area contributed by atoms with Crippen molar-refractivity contribution in [2.45, 2.75) is 19.1 Å². The van der Waals surface area contributed by atoms with Crippen LogP contribution in [0.5, 0.6) is 5.75 Å². The van der Waals surface area contributed by atoms with Crippen LogP contribution in [0.15, 0.2) is 54.9 Å². The minimum absolute atomic E-state index is 0.354. The molecule has 1 unspecified atom stereocenters. The van der Waals surface area contributed by atoms with E-state index in [1.807, 2.05) is 28.8 Å². The summed E-state index contributed by atoms with van der Waals surface area (Å²) < 4.78 is 7.66. The van der Waals surface area contributed by atoms with E-state index in [1.165, 1.54) is 6.92 Å². The Morgan fingerprint density at radius 3 is 2.88 bits per heavy atom. The number of hydrogen-bond acceptors (Lipinski definition) is 4. The molecule has 4 rings (SSSR count). The van der Waals surface area contributed by atoms with E-state index in [4.69, 9.17) is 4.74 Å². The minimum Gasteiger partial charge on any atom is -0.466 e. The van der Waals surface area contributed by atoms with Crippen LogP contribution in [-0.2, 0) is 16.1 Å². The van der Waals surface area contributed by atoms with Gasteiger partial charge in [-0.2, -0.15) is 0 Å². The highest BCUT2D eigenvalue weighted by Gasteiger charge is 2.46. The van der Waals surface area contributed by atoms with E-state index in [0.717, 1.165) is 11.0 Å². The molecule has 2 amide bonds. The highest BCUT2D eigenvalue weighted by Crippen LogP contribution is 2.33. The number of carbonyl (C=O) groups excluding carboxylic acids is 2. The first-order valence-electron chi connectivity index (χ1n) is 8.35. The summed E-state index contributed by atoms with van der Waals surface area (Å²) in [6, 6.07) is 14.8. The fourth-order valence-electron chi connectivity index (χ4n) is 2.96. The summed E-state index contributed by atoms with van der Waals surface area (Å²) in [6.07, 6.45) is 1.73. The Bertz CT molecular complexity index is 997. The molecule has 0 saturated heterocycles. The van der Waals surface area contributed by atoms with Gasteiger partial charge in [-0.1, -0.05) is 24.3 Å². The number of imidazole rings is 1. The molecule has 2 N–H and O–H groups in total. The molecule has 0 bridgehead atoms. The lowest BCUT2D eigenvalue weighted by atomic mass is 10.0. The molecule has 2 heterocycles. The van der Waals surface area contributed by atoms with E-state index < -0.39 is 17.4 Å². The number of anilines is 1. The van der Waals surface area contributed by atoms with Crippen LogP contribution in [-0.4, -0.2) is 33.5 Å². The highest BCUT2D eigenvalue weighted by molar-refractivity contribution is 6.15. The summed E-state index contributed by atoms with van der Waals surface area (Å²) in [5, 5.41) is 5.50. The summed E-state index contributed by atoms with van der Waals surface area (Å²) in [5.74, 6) is -0.485. The summed E-state index contributed by atoms with van der Waals surface area (Å²) in [4.78, 5) is 29.3. The van der Waals surface area contributed by atoms with Gasteiger partial charge in [0.2, 0.25) is 0 Å². The van der Waals surface area contributed by atoms with Crippen molar-refractivity contribution in [1.82, 2.24) is 14.9 Å². The predicted molar refractivity (Wildman–Crippen MR) is 96.8 cm³/mol. The molecular weight excluding hydrogens is 332 g/mol. The van der Waals surface area contributed by atoms with Crippen molar-refractivity contribution in [3.05, 3.63) is 54.9 Å². The molecule has 0 saturated carbocycles. The van der Waals surface area contributed by atoms with Crippen molar-refractivity contribution in [2.24, 2.45) is 0 Å². The van der Waals surface area contributed by atoms with Gasteiger partial charge in [0, 0.05) is 13.1 Å². The molecule has 1 aromatic heterocycles. The van der Waals surface area contributed by atoms with E-state index in [9.17, 15) is 9.59 Å². The van der Waals surface area contributed by atoms with Crippen molar-refractivity contribution >= 4 is 28.5 Å². The van der Waals surface area contributed by atoms with Gasteiger partial charge in [0.25, 0.3) is 17.4 Å². The van der Waals surface area contributed by atoms with Gasteiger partial charge in [-0.25, -0.2) is 4.98 Å². The van der Waals surface area contributed by atoms with Crippen molar-refractivity contribution in [3.63, 3.8) is 0 Å². The third kappa shape index (κ3) is 2.67. The van der Waals surface area contributed by atoms with Gasteiger partial charge in [0.1, 0.15) is 5.75 Å². The molecule has 7 heteroatoms. The van der Waals surface area contributed by atoms with E-state index in [1.54, 1.807) is 30.6 Å². The van der Waals surface area contributed by atoms with Crippen molar-refractivity contribution in [2.75, 3.05) is 11.9 Å². The fourth-order valence-corrected chi connectivity index (χ4v) is 2.96. The van der Waals surface area contributed by atoms with Crippen molar-refractivity contribution < 1.29 is 14.3 Å². The zero-order valence-electron chi connectivity index (χ0n) is 14.2. The van der Waals surface area contributed by atoms with Crippen LogP contribution in [0.1, 0.15) is 6.92 Å².